The zero-order valence-electron chi connectivity index (χ0n) is 29.4. The topological polar surface area (TPSA) is 100 Å². The van der Waals surface area contributed by atoms with Crippen LogP contribution in [0, 0.1) is 11.8 Å². The van der Waals surface area contributed by atoms with Gasteiger partial charge in [-0.1, -0.05) is 76.8 Å². The second kappa shape index (κ2) is 13.8. The fraction of sp³-hybridized carbons (Fsp3) is 0.636. The van der Waals surface area contributed by atoms with Gasteiger partial charge in [-0.25, -0.2) is 4.79 Å². The summed E-state index contributed by atoms with van der Waals surface area (Å²) in [5.74, 6) is 0.0113. The van der Waals surface area contributed by atoms with Gasteiger partial charge in [0.15, 0.2) is 21.0 Å². The molecule has 0 radical (unpaired) electrons. The Balaban J connectivity index is 1.70. The van der Waals surface area contributed by atoms with Crippen molar-refractivity contribution in [2.45, 2.75) is 108 Å². The van der Waals surface area contributed by atoms with Gasteiger partial charge >= 0.3 is 5.97 Å². The Labute approximate surface area is 285 Å². The van der Waals surface area contributed by atoms with Crippen molar-refractivity contribution in [1.82, 2.24) is 15.1 Å². The molecule has 1 saturated heterocycles. The molecule has 2 aromatic rings. The zero-order valence-corrected chi connectivity index (χ0v) is 33.1. The monoisotopic (exact) mass is 705 g/mol. The Kier molecular flexibility index (Phi) is 11.1. The predicted octanol–water partition coefficient (Wildman–Crippen LogP) is 7.53. The minimum atomic E-state index is -2.17. The molecule has 4 atom stereocenters. The van der Waals surface area contributed by atoms with Crippen LogP contribution in [0.2, 0.25) is 36.3 Å². The van der Waals surface area contributed by atoms with Crippen molar-refractivity contribution in [1.29, 1.82) is 0 Å². The van der Waals surface area contributed by atoms with Crippen molar-refractivity contribution in [3.05, 3.63) is 46.6 Å². The van der Waals surface area contributed by atoms with Gasteiger partial charge in [0.1, 0.15) is 23.6 Å². The molecule has 1 aromatic carbocycles. The largest absolute Gasteiger partial charge is 0.497 e. The highest BCUT2D eigenvalue weighted by molar-refractivity contribution is 8.01. The number of β-lactam (4-membered cyclic amide) rings is 1. The van der Waals surface area contributed by atoms with Crippen molar-refractivity contribution in [3.8, 4) is 5.75 Å². The lowest BCUT2D eigenvalue weighted by Gasteiger charge is -2.50. The SMILES string of the molecule is COc1ccc(COC(=O)C2=C(CSc3nncs3)[C@@H](CO[Si](C)(C)C(C)(C)C)[C@@H]3[C@@H]([C@@H](C)O[Si](C)(C)C(C)(C)C)C(=O)N23)cc1. The molecule has 0 unspecified atom stereocenters. The zero-order chi connectivity index (χ0) is 34.2. The first-order valence-corrected chi connectivity index (χ1v) is 23.5. The number of carbonyl (C=O) groups excluding carboxylic acids is 2. The van der Waals surface area contributed by atoms with Crippen LogP contribution in [-0.4, -0.2) is 75.2 Å². The molecule has 0 bridgehead atoms. The number of hydrogen-bond acceptors (Lipinski definition) is 10. The van der Waals surface area contributed by atoms with E-state index in [9.17, 15) is 9.59 Å². The van der Waals surface area contributed by atoms with Crippen molar-refractivity contribution >= 4 is 51.6 Å². The van der Waals surface area contributed by atoms with Crippen molar-refractivity contribution in [2.75, 3.05) is 19.5 Å². The molecule has 4 rings (SSSR count). The first kappa shape index (κ1) is 36.8. The number of hydrogen-bond donors (Lipinski definition) is 0. The molecule has 9 nitrogen and oxygen atoms in total. The number of methoxy groups -OCH3 is 1. The van der Waals surface area contributed by atoms with Crippen LogP contribution in [-0.2, 0) is 29.8 Å². The number of rotatable bonds is 13. The predicted molar refractivity (Wildman–Crippen MR) is 189 cm³/mol. The molecule has 2 aliphatic rings. The molecule has 1 fully saturated rings. The van der Waals surface area contributed by atoms with Gasteiger partial charge in [-0.15, -0.1) is 10.2 Å². The highest BCUT2D eigenvalue weighted by atomic mass is 32.2. The van der Waals surface area contributed by atoms with E-state index in [0.717, 1.165) is 21.2 Å². The Morgan fingerprint density at radius 1 is 1.04 bits per heavy atom. The van der Waals surface area contributed by atoms with Gasteiger partial charge in [0, 0.05) is 18.3 Å². The van der Waals surface area contributed by atoms with E-state index < -0.39 is 28.5 Å². The number of aromatic nitrogens is 2. The highest BCUT2D eigenvalue weighted by Gasteiger charge is 2.62. The molecule has 1 aromatic heterocycles. The molecule has 0 spiro atoms. The summed E-state index contributed by atoms with van der Waals surface area (Å²) < 4.78 is 25.6. The van der Waals surface area contributed by atoms with Gasteiger partial charge in [-0.2, -0.15) is 0 Å². The van der Waals surface area contributed by atoms with Gasteiger partial charge in [0.2, 0.25) is 5.91 Å². The fourth-order valence-corrected chi connectivity index (χ4v) is 9.42. The van der Waals surface area contributed by atoms with Gasteiger partial charge in [-0.3, -0.25) is 4.79 Å². The van der Waals surface area contributed by atoms with Crippen LogP contribution >= 0.6 is 23.1 Å². The number of benzene rings is 1. The molecule has 254 valence electrons. The number of thioether (sulfide) groups is 1. The first-order valence-electron chi connectivity index (χ1n) is 15.9. The third kappa shape index (κ3) is 7.65. The minimum absolute atomic E-state index is 0.00414. The molecular weight excluding hydrogens is 655 g/mol. The molecule has 1 amide bonds. The van der Waals surface area contributed by atoms with E-state index in [1.165, 1.54) is 23.1 Å². The average molecular weight is 706 g/mol. The highest BCUT2D eigenvalue weighted by Crippen LogP contribution is 2.51. The Morgan fingerprint density at radius 2 is 1.67 bits per heavy atom. The van der Waals surface area contributed by atoms with E-state index in [1.807, 2.05) is 31.2 Å². The summed E-state index contributed by atoms with van der Waals surface area (Å²) in [6, 6.07) is 7.14. The maximum Gasteiger partial charge on any atom is 0.355 e. The van der Waals surface area contributed by atoms with E-state index in [-0.39, 0.29) is 40.7 Å². The van der Waals surface area contributed by atoms with Crippen molar-refractivity contribution in [2.24, 2.45) is 11.8 Å². The summed E-state index contributed by atoms with van der Waals surface area (Å²) in [5.41, 5.74) is 3.72. The summed E-state index contributed by atoms with van der Waals surface area (Å²) in [6.45, 7) is 24.6. The lowest BCUT2D eigenvalue weighted by Crippen LogP contribution is -2.66. The second-order valence-corrected chi connectivity index (χ2v) is 26.9. The van der Waals surface area contributed by atoms with Crippen LogP contribution in [0.15, 0.2) is 45.4 Å². The number of nitrogens with zero attached hydrogens (tertiary/aromatic N) is 3. The van der Waals surface area contributed by atoms with Gasteiger partial charge in [0.25, 0.3) is 0 Å². The fourth-order valence-electron chi connectivity index (χ4n) is 5.37. The average Bonchev–Trinajstić information content (AvgIpc) is 3.57. The molecule has 2 aliphatic heterocycles. The van der Waals surface area contributed by atoms with E-state index in [4.69, 9.17) is 18.3 Å². The van der Waals surface area contributed by atoms with Gasteiger partial charge in [0.05, 0.1) is 25.2 Å². The van der Waals surface area contributed by atoms with Crippen LogP contribution in [0.25, 0.3) is 0 Å². The second-order valence-electron chi connectivity index (χ2n) is 15.3. The number of amides is 1. The summed E-state index contributed by atoms with van der Waals surface area (Å²) in [4.78, 5) is 29.8. The Bertz CT molecular complexity index is 1420. The molecular formula is C33H51N3O6S2Si2. The number of ether oxygens (including phenoxy) is 2. The quantitative estimate of drug-likeness (QED) is 0.0907. The Hall–Kier alpha value is -2.04. The maximum atomic E-state index is 14.1. The van der Waals surface area contributed by atoms with Crippen LogP contribution in [0.1, 0.15) is 54.0 Å². The van der Waals surface area contributed by atoms with Crippen molar-refractivity contribution in [3.63, 3.8) is 0 Å². The molecule has 0 aliphatic carbocycles. The third-order valence-corrected chi connectivity index (χ3v) is 21.2. The number of esters is 1. The minimum Gasteiger partial charge on any atom is -0.497 e. The van der Waals surface area contributed by atoms with E-state index in [2.05, 4.69) is 77.9 Å². The molecule has 3 heterocycles. The van der Waals surface area contributed by atoms with Gasteiger partial charge in [-0.05, 0) is 66.5 Å². The Morgan fingerprint density at radius 3 is 2.22 bits per heavy atom. The van der Waals surface area contributed by atoms with Crippen LogP contribution in [0.5, 0.6) is 5.75 Å². The number of carbonyl (C=O) groups is 2. The summed E-state index contributed by atoms with van der Waals surface area (Å²) >= 11 is 2.97. The summed E-state index contributed by atoms with van der Waals surface area (Å²) in [6.07, 6.45) is -0.309. The lowest BCUT2D eigenvalue weighted by atomic mass is 9.77. The smallest absolute Gasteiger partial charge is 0.355 e. The van der Waals surface area contributed by atoms with Crippen molar-refractivity contribution < 1.29 is 27.9 Å². The van der Waals surface area contributed by atoms with E-state index in [1.54, 1.807) is 17.5 Å². The van der Waals surface area contributed by atoms with E-state index >= 15 is 0 Å². The van der Waals surface area contributed by atoms with Gasteiger partial charge < -0.3 is 23.2 Å². The summed E-state index contributed by atoms with van der Waals surface area (Å²) in [7, 11) is -2.72. The normalized spacial score (nSPS) is 21.3. The third-order valence-electron chi connectivity index (χ3n) is 10.2. The first-order chi connectivity index (χ1) is 21.3. The molecule has 0 N–H and O–H groups in total. The maximum absolute atomic E-state index is 14.1. The lowest BCUT2D eigenvalue weighted by molar-refractivity contribution is -0.164. The number of fused-ring (bicyclic) bond motifs is 1. The van der Waals surface area contributed by atoms with Crippen LogP contribution < -0.4 is 4.74 Å². The molecule has 46 heavy (non-hydrogen) atoms. The van der Waals surface area contributed by atoms with E-state index in [0.29, 0.717) is 18.1 Å². The molecule has 13 heteroatoms. The summed E-state index contributed by atoms with van der Waals surface area (Å²) in [5, 5.41) is 8.20. The van der Waals surface area contributed by atoms with Crippen LogP contribution in [0.3, 0.4) is 0 Å². The molecule has 0 saturated carbocycles. The van der Waals surface area contributed by atoms with Crippen LogP contribution in [0.4, 0.5) is 0 Å². The standard InChI is InChI=1S/C33H51N3O6S2Si2/c1-21(42-46(11,12)33(5,6)7)26-27-24(18-41-45(9,10)32(2,3)4)25(19-43-31-35-34-20-44-31)28(36(27)29(26)37)30(38)40-17-22-13-15-23(39-8)16-14-22/h13-16,20-21,24,26-27H,17-19H2,1-12H3/t21-,24-,26-,27-/m1/s1.